The van der Waals surface area contributed by atoms with Crippen LogP contribution in [-0.2, 0) is 0 Å². The first-order chi connectivity index (χ1) is 6.75. The van der Waals surface area contributed by atoms with E-state index in [4.69, 9.17) is 11.6 Å². The summed E-state index contributed by atoms with van der Waals surface area (Å²) < 4.78 is 0. The van der Waals surface area contributed by atoms with Crippen LogP contribution in [0.15, 0.2) is 48.5 Å². The molecule has 1 heteroatoms. The van der Waals surface area contributed by atoms with Crippen molar-refractivity contribution in [1.82, 2.24) is 0 Å². The van der Waals surface area contributed by atoms with Crippen molar-refractivity contribution in [2.75, 3.05) is 0 Å². The number of rotatable bonds is 1. The van der Waals surface area contributed by atoms with Crippen molar-refractivity contribution in [1.29, 1.82) is 0 Å². The molecular formula is C13H10Cl. The second-order valence-electron chi connectivity index (χ2n) is 3.21. The van der Waals surface area contributed by atoms with Gasteiger partial charge in [-0.15, -0.1) is 0 Å². The van der Waals surface area contributed by atoms with Gasteiger partial charge >= 0.3 is 0 Å². The molecule has 2 aromatic carbocycles. The van der Waals surface area contributed by atoms with Gasteiger partial charge in [0, 0.05) is 5.02 Å². The summed E-state index contributed by atoms with van der Waals surface area (Å²) in [5.41, 5.74) is 3.37. The molecule has 0 saturated carbocycles. The van der Waals surface area contributed by atoms with E-state index in [-0.39, 0.29) is 0 Å². The number of hydrogen-bond donors (Lipinski definition) is 0. The molecule has 0 aliphatic carbocycles. The van der Waals surface area contributed by atoms with Crippen molar-refractivity contribution < 1.29 is 0 Å². The van der Waals surface area contributed by atoms with Crippen LogP contribution in [0.3, 0.4) is 0 Å². The van der Waals surface area contributed by atoms with E-state index in [1.54, 1.807) is 0 Å². The lowest BCUT2D eigenvalue weighted by atomic mass is 10.0. The van der Waals surface area contributed by atoms with Crippen LogP contribution in [-0.4, -0.2) is 0 Å². The lowest BCUT2D eigenvalue weighted by molar-refractivity contribution is 1.57. The Morgan fingerprint density at radius 3 is 2.21 bits per heavy atom. The summed E-state index contributed by atoms with van der Waals surface area (Å²) in [4.78, 5) is 0. The van der Waals surface area contributed by atoms with E-state index < -0.39 is 0 Å². The SMILES string of the molecule is [CH2]c1cccc(-c2ccc(Cl)cc2)c1. The monoisotopic (exact) mass is 201 g/mol. The third kappa shape index (κ3) is 1.97. The molecule has 0 saturated heterocycles. The van der Waals surface area contributed by atoms with Gasteiger partial charge in [-0.05, 0) is 35.7 Å². The van der Waals surface area contributed by atoms with Crippen molar-refractivity contribution in [2.45, 2.75) is 0 Å². The smallest absolute Gasteiger partial charge is 0.0406 e. The minimum atomic E-state index is 0.763. The second-order valence-corrected chi connectivity index (χ2v) is 3.64. The van der Waals surface area contributed by atoms with Crippen LogP contribution < -0.4 is 0 Å². The molecule has 0 aliphatic heterocycles. The zero-order chi connectivity index (χ0) is 9.97. The maximum atomic E-state index is 5.82. The maximum absolute atomic E-state index is 5.82. The predicted octanol–water partition coefficient (Wildman–Crippen LogP) is 4.19. The summed E-state index contributed by atoms with van der Waals surface area (Å²) in [6.45, 7) is 3.90. The summed E-state index contributed by atoms with van der Waals surface area (Å²) in [6, 6.07) is 15.9. The highest BCUT2D eigenvalue weighted by molar-refractivity contribution is 6.30. The zero-order valence-electron chi connectivity index (χ0n) is 7.70. The highest BCUT2D eigenvalue weighted by atomic mass is 35.5. The molecule has 0 amide bonds. The van der Waals surface area contributed by atoms with Crippen LogP contribution in [0.5, 0.6) is 0 Å². The topological polar surface area (TPSA) is 0 Å². The van der Waals surface area contributed by atoms with Gasteiger partial charge in [-0.25, -0.2) is 0 Å². The average Bonchev–Trinajstić information content (AvgIpc) is 2.19. The first-order valence-corrected chi connectivity index (χ1v) is 4.81. The quantitative estimate of drug-likeness (QED) is 0.649. The Bertz CT molecular complexity index is 429. The third-order valence-electron chi connectivity index (χ3n) is 2.10. The molecule has 0 unspecified atom stereocenters. The van der Waals surface area contributed by atoms with E-state index in [0.717, 1.165) is 10.6 Å². The first-order valence-electron chi connectivity index (χ1n) is 4.44. The van der Waals surface area contributed by atoms with Crippen LogP contribution in [0.2, 0.25) is 5.02 Å². The molecule has 14 heavy (non-hydrogen) atoms. The first kappa shape index (κ1) is 9.29. The van der Waals surface area contributed by atoms with Gasteiger partial charge in [-0.3, -0.25) is 0 Å². The van der Waals surface area contributed by atoms with E-state index in [1.807, 2.05) is 36.4 Å². The summed E-state index contributed by atoms with van der Waals surface area (Å²) >= 11 is 5.82. The molecule has 69 valence electrons. The second kappa shape index (κ2) is 3.85. The Morgan fingerprint density at radius 1 is 0.857 bits per heavy atom. The Balaban J connectivity index is 2.44. The molecule has 2 aromatic rings. The van der Waals surface area contributed by atoms with Crippen molar-refractivity contribution in [2.24, 2.45) is 0 Å². The Morgan fingerprint density at radius 2 is 1.57 bits per heavy atom. The van der Waals surface area contributed by atoms with Gasteiger partial charge in [0.05, 0.1) is 0 Å². The van der Waals surface area contributed by atoms with Gasteiger partial charge in [0.15, 0.2) is 0 Å². The zero-order valence-corrected chi connectivity index (χ0v) is 8.46. The van der Waals surface area contributed by atoms with Gasteiger partial charge in [-0.1, -0.05) is 48.0 Å². The average molecular weight is 202 g/mol. The molecule has 0 fully saturated rings. The number of halogens is 1. The molecule has 0 aromatic heterocycles. The number of benzene rings is 2. The fourth-order valence-corrected chi connectivity index (χ4v) is 1.52. The highest BCUT2D eigenvalue weighted by Crippen LogP contribution is 2.21. The van der Waals surface area contributed by atoms with E-state index >= 15 is 0 Å². The minimum Gasteiger partial charge on any atom is -0.0843 e. The summed E-state index contributed by atoms with van der Waals surface area (Å²) in [5, 5.41) is 0.763. The van der Waals surface area contributed by atoms with Crippen molar-refractivity contribution in [3.05, 3.63) is 66.0 Å². The molecule has 0 aliphatic rings. The number of hydrogen-bond acceptors (Lipinski definition) is 0. The molecule has 0 heterocycles. The van der Waals surface area contributed by atoms with Crippen LogP contribution in [0, 0.1) is 6.92 Å². The van der Waals surface area contributed by atoms with E-state index in [9.17, 15) is 0 Å². The van der Waals surface area contributed by atoms with Gasteiger partial charge in [0.2, 0.25) is 0 Å². The van der Waals surface area contributed by atoms with Crippen LogP contribution in [0.4, 0.5) is 0 Å². The van der Waals surface area contributed by atoms with Gasteiger partial charge in [0.1, 0.15) is 0 Å². The van der Waals surface area contributed by atoms with E-state index in [1.165, 1.54) is 11.1 Å². The molecule has 0 bridgehead atoms. The normalized spacial score (nSPS) is 10.1. The van der Waals surface area contributed by atoms with Crippen molar-refractivity contribution in [3.63, 3.8) is 0 Å². The Labute approximate surface area is 89.2 Å². The molecule has 0 nitrogen and oxygen atoms in total. The molecule has 0 atom stereocenters. The van der Waals surface area contributed by atoms with Crippen LogP contribution >= 0.6 is 11.6 Å². The molecule has 0 spiro atoms. The van der Waals surface area contributed by atoms with E-state index in [0.29, 0.717) is 0 Å². The maximum Gasteiger partial charge on any atom is 0.0406 e. The minimum absolute atomic E-state index is 0.763. The fourth-order valence-electron chi connectivity index (χ4n) is 1.39. The fraction of sp³-hybridized carbons (Fsp3) is 0. The summed E-state index contributed by atoms with van der Waals surface area (Å²) in [6.07, 6.45) is 0. The largest absolute Gasteiger partial charge is 0.0843 e. The lowest BCUT2D eigenvalue weighted by Gasteiger charge is -2.02. The summed E-state index contributed by atoms with van der Waals surface area (Å²) in [5.74, 6) is 0. The molecule has 2 rings (SSSR count). The van der Waals surface area contributed by atoms with E-state index in [2.05, 4.69) is 19.1 Å². The van der Waals surface area contributed by atoms with Gasteiger partial charge in [0.25, 0.3) is 0 Å². The third-order valence-corrected chi connectivity index (χ3v) is 2.36. The standard InChI is InChI=1S/C13H10Cl/c1-10-3-2-4-12(9-10)11-5-7-13(14)8-6-11/h2-9H,1H2. The highest BCUT2D eigenvalue weighted by Gasteiger charge is 1.96. The molecule has 0 N–H and O–H groups in total. The van der Waals surface area contributed by atoms with Crippen molar-refractivity contribution >= 4 is 11.6 Å². The van der Waals surface area contributed by atoms with Crippen LogP contribution in [0.1, 0.15) is 5.56 Å². The predicted molar refractivity (Wildman–Crippen MR) is 61.3 cm³/mol. The van der Waals surface area contributed by atoms with Crippen LogP contribution in [0.25, 0.3) is 11.1 Å². The Kier molecular flexibility index (Phi) is 2.55. The molecular weight excluding hydrogens is 192 g/mol. The van der Waals surface area contributed by atoms with Gasteiger partial charge < -0.3 is 0 Å². The Hall–Kier alpha value is -1.27. The van der Waals surface area contributed by atoms with Crippen molar-refractivity contribution in [3.8, 4) is 11.1 Å². The summed E-state index contributed by atoms with van der Waals surface area (Å²) in [7, 11) is 0. The lowest BCUT2D eigenvalue weighted by Crippen LogP contribution is -1.78. The van der Waals surface area contributed by atoms with Gasteiger partial charge in [-0.2, -0.15) is 0 Å². The molecule has 1 radical (unpaired) electrons.